The first-order valence-electron chi connectivity index (χ1n) is 11.8. The Morgan fingerprint density at radius 3 is 2.19 bits per heavy atom. The van der Waals surface area contributed by atoms with Crippen LogP contribution in [-0.2, 0) is 4.79 Å². The van der Waals surface area contributed by atoms with Gasteiger partial charge in [0.15, 0.2) is 11.0 Å². The van der Waals surface area contributed by atoms with E-state index in [2.05, 4.69) is 39.5 Å². The van der Waals surface area contributed by atoms with Gasteiger partial charge in [-0.25, -0.2) is 5.43 Å². The van der Waals surface area contributed by atoms with Gasteiger partial charge in [-0.05, 0) is 80.1 Å². The number of halogens is 2. The molecular formula is C27H26Cl2N6OS. The largest absolute Gasteiger partial charge is 0.372 e. The molecule has 0 saturated heterocycles. The van der Waals surface area contributed by atoms with Crippen LogP contribution in [0.3, 0.4) is 0 Å². The van der Waals surface area contributed by atoms with E-state index in [1.807, 2.05) is 53.1 Å². The number of carbonyl (C=O) groups excluding carboxylic acids is 1. The quantitative estimate of drug-likeness (QED) is 0.141. The first-order valence-corrected chi connectivity index (χ1v) is 13.5. The second kappa shape index (κ2) is 12.8. The third kappa shape index (κ3) is 6.91. The molecular weight excluding hydrogens is 527 g/mol. The first kappa shape index (κ1) is 26.7. The summed E-state index contributed by atoms with van der Waals surface area (Å²) >= 11 is 13.4. The number of anilines is 1. The van der Waals surface area contributed by atoms with Crippen molar-refractivity contribution >= 4 is 52.8 Å². The maximum atomic E-state index is 12.5. The molecule has 0 atom stereocenters. The van der Waals surface area contributed by atoms with Crippen LogP contribution in [0, 0.1) is 0 Å². The van der Waals surface area contributed by atoms with Gasteiger partial charge in [0.25, 0.3) is 5.91 Å². The molecule has 1 amide bonds. The van der Waals surface area contributed by atoms with Crippen molar-refractivity contribution in [2.75, 3.05) is 23.7 Å². The Hall–Kier alpha value is -3.33. The van der Waals surface area contributed by atoms with E-state index < -0.39 is 0 Å². The van der Waals surface area contributed by atoms with Crippen molar-refractivity contribution in [3.05, 3.63) is 88.4 Å². The van der Waals surface area contributed by atoms with Crippen LogP contribution in [0.4, 0.5) is 5.69 Å². The van der Waals surface area contributed by atoms with Gasteiger partial charge in [0.05, 0.1) is 12.0 Å². The van der Waals surface area contributed by atoms with Crippen molar-refractivity contribution in [2.45, 2.75) is 19.0 Å². The van der Waals surface area contributed by atoms with Crippen LogP contribution in [-0.4, -0.2) is 45.7 Å². The molecule has 37 heavy (non-hydrogen) atoms. The third-order valence-electron chi connectivity index (χ3n) is 5.58. The topological polar surface area (TPSA) is 75.4 Å². The summed E-state index contributed by atoms with van der Waals surface area (Å²) in [5, 5.41) is 14.6. The molecule has 0 aliphatic carbocycles. The summed E-state index contributed by atoms with van der Waals surface area (Å²) in [6.45, 7) is 6.15. The van der Waals surface area contributed by atoms with Crippen LogP contribution >= 0.6 is 35.0 Å². The van der Waals surface area contributed by atoms with Crippen molar-refractivity contribution in [1.29, 1.82) is 0 Å². The number of benzene rings is 3. The van der Waals surface area contributed by atoms with Gasteiger partial charge in [0.1, 0.15) is 0 Å². The first-order chi connectivity index (χ1) is 18.0. The van der Waals surface area contributed by atoms with E-state index in [4.69, 9.17) is 23.2 Å². The summed E-state index contributed by atoms with van der Waals surface area (Å²) in [6, 6.07) is 22.8. The SMILES string of the molecule is CCN(CC)c1ccc(C=NNC(=O)CSc2nnc(-c3ccc(Cl)cc3)n2-c2ccc(Cl)cc2)cc1. The molecule has 1 heterocycles. The second-order valence-corrected chi connectivity index (χ2v) is 9.79. The van der Waals surface area contributed by atoms with Gasteiger partial charge < -0.3 is 4.90 Å². The third-order valence-corrected chi connectivity index (χ3v) is 7.01. The lowest BCUT2D eigenvalue weighted by atomic mass is 10.2. The highest BCUT2D eigenvalue weighted by Gasteiger charge is 2.17. The monoisotopic (exact) mass is 552 g/mol. The zero-order valence-electron chi connectivity index (χ0n) is 20.4. The van der Waals surface area contributed by atoms with E-state index in [0.717, 1.165) is 35.6 Å². The van der Waals surface area contributed by atoms with Gasteiger partial charge in [-0.3, -0.25) is 9.36 Å². The molecule has 0 aliphatic heterocycles. The minimum atomic E-state index is -0.250. The smallest absolute Gasteiger partial charge is 0.250 e. The molecule has 4 aromatic rings. The van der Waals surface area contributed by atoms with Gasteiger partial charge in [-0.2, -0.15) is 5.10 Å². The molecule has 3 aromatic carbocycles. The minimum Gasteiger partial charge on any atom is -0.372 e. The lowest BCUT2D eigenvalue weighted by molar-refractivity contribution is -0.118. The van der Waals surface area contributed by atoms with Gasteiger partial charge in [0, 0.05) is 40.1 Å². The highest BCUT2D eigenvalue weighted by molar-refractivity contribution is 7.99. The minimum absolute atomic E-state index is 0.116. The zero-order chi connectivity index (χ0) is 26.2. The Labute approximate surface area is 230 Å². The van der Waals surface area contributed by atoms with Crippen LogP contribution in [0.5, 0.6) is 0 Å². The van der Waals surface area contributed by atoms with E-state index in [-0.39, 0.29) is 11.7 Å². The number of rotatable bonds is 10. The fourth-order valence-electron chi connectivity index (χ4n) is 3.67. The van der Waals surface area contributed by atoms with Gasteiger partial charge in [-0.1, -0.05) is 47.1 Å². The summed E-state index contributed by atoms with van der Waals surface area (Å²) in [7, 11) is 0. The standard InChI is InChI=1S/C27H26Cl2N6OS/c1-3-34(4-2)23-13-5-19(6-14-23)17-30-31-25(36)18-37-27-33-32-26(20-7-9-21(28)10-8-20)35(27)24-15-11-22(29)12-16-24/h5-17H,3-4,18H2,1-2H3,(H,31,36). The average Bonchev–Trinajstić information content (AvgIpc) is 3.34. The number of aromatic nitrogens is 3. The molecule has 0 fully saturated rings. The molecule has 0 radical (unpaired) electrons. The van der Waals surface area contributed by atoms with E-state index in [1.165, 1.54) is 11.8 Å². The summed E-state index contributed by atoms with van der Waals surface area (Å²) in [4.78, 5) is 14.8. The van der Waals surface area contributed by atoms with Crippen LogP contribution < -0.4 is 10.3 Å². The van der Waals surface area contributed by atoms with Crippen molar-refractivity contribution in [3.8, 4) is 17.1 Å². The highest BCUT2D eigenvalue weighted by atomic mass is 35.5. The Balaban J connectivity index is 1.44. The number of nitrogens with zero attached hydrogens (tertiary/aromatic N) is 5. The lowest BCUT2D eigenvalue weighted by Gasteiger charge is -2.20. The maximum Gasteiger partial charge on any atom is 0.250 e. The Bertz CT molecular complexity index is 1350. The molecule has 0 spiro atoms. The van der Waals surface area contributed by atoms with E-state index in [0.29, 0.717) is 21.0 Å². The summed E-state index contributed by atoms with van der Waals surface area (Å²) in [5.74, 6) is 0.498. The number of hydrazone groups is 1. The fourth-order valence-corrected chi connectivity index (χ4v) is 4.67. The predicted octanol–water partition coefficient (Wildman–Crippen LogP) is 6.33. The average molecular weight is 554 g/mol. The van der Waals surface area contributed by atoms with Crippen LogP contribution in [0.1, 0.15) is 19.4 Å². The van der Waals surface area contributed by atoms with Crippen molar-refractivity contribution in [2.24, 2.45) is 5.10 Å². The number of hydrogen-bond acceptors (Lipinski definition) is 6. The molecule has 7 nitrogen and oxygen atoms in total. The van der Waals surface area contributed by atoms with Gasteiger partial charge in [0.2, 0.25) is 0 Å². The second-order valence-electron chi connectivity index (χ2n) is 7.97. The van der Waals surface area contributed by atoms with Crippen molar-refractivity contribution in [3.63, 3.8) is 0 Å². The van der Waals surface area contributed by atoms with Crippen LogP contribution in [0.2, 0.25) is 10.0 Å². The summed E-state index contributed by atoms with van der Waals surface area (Å²) in [5.41, 5.74) is 6.32. The maximum absolute atomic E-state index is 12.5. The van der Waals surface area contributed by atoms with E-state index in [9.17, 15) is 4.79 Å². The molecule has 1 N–H and O–H groups in total. The predicted molar refractivity (Wildman–Crippen MR) is 153 cm³/mol. The fraction of sp³-hybridized carbons (Fsp3) is 0.185. The molecule has 1 aromatic heterocycles. The Morgan fingerprint density at radius 2 is 1.57 bits per heavy atom. The zero-order valence-corrected chi connectivity index (χ0v) is 22.8. The van der Waals surface area contributed by atoms with E-state index >= 15 is 0 Å². The normalized spacial score (nSPS) is 11.1. The number of amides is 1. The number of nitrogens with one attached hydrogen (secondary N) is 1. The lowest BCUT2D eigenvalue weighted by Crippen LogP contribution is -2.21. The Kier molecular flexibility index (Phi) is 9.22. The number of carbonyl (C=O) groups is 1. The molecule has 0 bridgehead atoms. The molecule has 190 valence electrons. The van der Waals surface area contributed by atoms with Crippen LogP contribution in [0.15, 0.2) is 83.1 Å². The van der Waals surface area contributed by atoms with E-state index in [1.54, 1.807) is 30.5 Å². The molecule has 4 rings (SSSR count). The van der Waals surface area contributed by atoms with Gasteiger partial charge in [-0.15, -0.1) is 10.2 Å². The molecule has 0 unspecified atom stereocenters. The highest BCUT2D eigenvalue weighted by Crippen LogP contribution is 2.29. The number of thioether (sulfide) groups is 1. The summed E-state index contributed by atoms with van der Waals surface area (Å²) in [6.07, 6.45) is 1.63. The molecule has 0 aliphatic rings. The van der Waals surface area contributed by atoms with Gasteiger partial charge >= 0.3 is 0 Å². The van der Waals surface area contributed by atoms with Crippen LogP contribution in [0.25, 0.3) is 17.1 Å². The molecule has 0 saturated carbocycles. The summed E-state index contributed by atoms with van der Waals surface area (Å²) < 4.78 is 1.89. The van der Waals surface area contributed by atoms with Crippen molar-refractivity contribution in [1.82, 2.24) is 20.2 Å². The van der Waals surface area contributed by atoms with Crippen molar-refractivity contribution < 1.29 is 4.79 Å². The number of hydrogen-bond donors (Lipinski definition) is 1. The molecule has 10 heteroatoms. The Morgan fingerprint density at radius 1 is 0.946 bits per heavy atom.